The Morgan fingerprint density at radius 3 is 2.45 bits per heavy atom. The molecule has 16 heteroatoms. The number of carbonyl (C=O) groups is 3. The molecule has 0 spiro atoms. The second-order valence-corrected chi connectivity index (χ2v) is 14.2. The van der Waals surface area contributed by atoms with Crippen LogP contribution >= 0.6 is 0 Å². The summed E-state index contributed by atoms with van der Waals surface area (Å²) in [5.74, 6) is -1.73. The van der Waals surface area contributed by atoms with Crippen LogP contribution in [-0.2, 0) is 47.8 Å². The van der Waals surface area contributed by atoms with Crippen molar-refractivity contribution < 1.29 is 60.1 Å². The molecule has 2 fully saturated rings. The molecular formula is C31H44N2O13S. The molecule has 3 heterocycles. The molecule has 6 unspecified atom stereocenters. The molecule has 15 nitrogen and oxygen atoms in total. The van der Waals surface area contributed by atoms with E-state index in [1.165, 1.54) is 6.08 Å². The number of amides is 2. The zero-order chi connectivity index (χ0) is 34.6. The maximum Gasteiger partial charge on any atom is 0.408 e. The summed E-state index contributed by atoms with van der Waals surface area (Å²) in [4.78, 5) is 37.6. The quantitative estimate of drug-likeness (QED) is 0.229. The van der Waals surface area contributed by atoms with Crippen LogP contribution in [0.1, 0.15) is 66.9 Å². The maximum absolute atomic E-state index is 12.9. The molecule has 6 atom stereocenters. The van der Waals surface area contributed by atoms with Gasteiger partial charge in [0.1, 0.15) is 30.0 Å². The fraction of sp³-hybridized carbons (Fsp3) is 0.645. The molecule has 1 aromatic carbocycles. The minimum atomic E-state index is -4.62. The zero-order valence-electron chi connectivity index (χ0n) is 27.6. The topological polar surface area (TPSA) is 183 Å². The van der Waals surface area contributed by atoms with Crippen molar-refractivity contribution in [1.29, 1.82) is 0 Å². The predicted octanol–water partition coefficient (Wildman–Crippen LogP) is 2.97. The number of hydrogen-bond acceptors (Lipinski definition) is 13. The van der Waals surface area contributed by atoms with Crippen molar-refractivity contribution in [3.63, 3.8) is 0 Å². The summed E-state index contributed by atoms with van der Waals surface area (Å²) >= 11 is 0. The molecule has 2 saturated heterocycles. The van der Waals surface area contributed by atoms with Crippen molar-refractivity contribution in [3.05, 3.63) is 29.8 Å². The van der Waals surface area contributed by atoms with Gasteiger partial charge in [0.25, 0.3) is 5.91 Å². The molecule has 262 valence electrons. The van der Waals surface area contributed by atoms with Crippen molar-refractivity contribution in [3.8, 4) is 11.5 Å². The number of fused-ring (bicyclic) bond motifs is 2. The van der Waals surface area contributed by atoms with E-state index in [-0.39, 0.29) is 19.8 Å². The smallest absolute Gasteiger partial charge is 0.408 e. The summed E-state index contributed by atoms with van der Waals surface area (Å²) in [6.07, 6.45) is -0.0509. The SMILES string of the molecule is CCC(C)C(NC(=O)OC(C)(C)C)C(=O)NS(=O)(=O)OCC1OC(CCOC(=O)C=Cc2ccc3c(c2)OCO3)C2OC(C)(C)OC12. The Labute approximate surface area is 274 Å². The number of alkyl carbamates (subject to hydrolysis) is 1. The lowest BCUT2D eigenvalue weighted by Crippen LogP contribution is -2.52. The van der Waals surface area contributed by atoms with Crippen molar-refractivity contribution >= 4 is 34.3 Å². The van der Waals surface area contributed by atoms with E-state index in [0.717, 1.165) is 5.56 Å². The Kier molecular flexibility index (Phi) is 11.4. The molecule has 47 heavy (non-hydrogen) atoms. The second kappa shape index (κ2) is 14.8. The maximum atomic E-state index is 12.9. The molecule has 1 aromatic rings. The molecule has 0 saturated carbocycles. The summed E-state index contributed by atoms with van der Waals surface area (Å²) in [6.45, 7) is 11.5. The standard InChI is InChI=1S/C31H44N2O13S/c1-8-18(2)25(32-29(36)46-30(3,4)5)28(35)33-47(37,38)42-16-23-27-26(44-31(6,7)45-27)21(43-23)13-14-39-24(34)12-10-19-9-11-20-22(15-19)41-17-40-20/h9-12,15,18,21,23,25-27H,8,13-14,16-17H2,1-7H3,(H,32,36)(H,33,35). The van der Waals surface area contributed by atoms with Gasteiger partial charge in [-0.2, -0.15) is 8.42 Å². The molecular weight excluding hydrogens is 640 g/mol. The van der Waals surface area contributed by atoms with Crippen molar-refractivity contribution in [2.24, 2.45) is 5.92 Å². The highest BCUT2D eigenvalue weighted by Crippen LogP contribution is 2.40. The van der Waals surface area contributed by atoms with Gasteiger partial charge in [-0.05, 0) is 64.3 Å². The van der Waals surface area contributed by atoms with E-state index in [2.05, 4.69) is 5.32 Å². The fourth-order valence-electron chi connectivity index (χ4n) is 5.15. The molecule has 0 aromatic heterocycles. The highest BCUT2D eigenvalue weighted by Gasteiger charge is 2.55. The second-order valence-electron chi connectivity index (χ2n) is 12.9. The summed E-state index contributed by atoms with van der Waals surface area (Å²) in [5, 5.41) is 2.44. The molecule has 0 radical (unpaired) electrons. The van der Waals surface area contributed by atoms with Crippen molar-refractivity contribution in [2.75, 3.05) is 20.0 Å². The molecule has 4 rings (SSSR count). The number of benzene rings is 1. The molecule has 2 amide bonds. The van der Waals surface area contributed by atoms with E-state index in [9.17, 15) is 22.8 Å². The van der Waals surface area contributed by atoms with Crippen LogP contribution in [0.25, 0.3) is 6.08 Å². The van der Waals surface area contributed by atoms with E-state index in [1.807, 2.05) is 4.72 Å². The number of ether oxygens (including phenoxy) is 7. The first-order chi connectivity index (χ1) is 21.9. The zero-order valence-corrected chi connectivity index (χ0v) is 28.4. The largest absolute Gasteiger partial charge is 0.462 e. The number of rotatable bonds is 13. The van der Waals surface area contributed by atoms with Crippen LogP contribution in [0.4, 0.5) is 4.79 Å². The first kappa shape index (κ1) is 36.4. The third kappa shape index (κ3) is 10.3. The van der Waals surface area contributed by atoms with E-state index in [4.69, 9.17) is 37.3 Å². The van der Waals surface area contributed by atoms with Gasteiger partial charge >= 0.3 is 22.4 Å². The molecule has 0 aliphatic carbocycles. The third-order valence-electron chi connectivity index (χ3n) is 7.48. The van der Waals surface area contributed by atoms with Gasteiger partial charge in [-0.15, -0.1) is 0 Å². The van der Waals surface area contributed by atoms with Gasteiger partial charge in [0.05, 0.1) is 19.3 Å². The Morgan fingerprint density at radius 2 is 1.77 bits per heavy atom. The van der Waals surface area contributed by atoms with Crippen LogP contribution in [0, 0.1) is 5.92 Å². The lowest BCUT2D eigenvalue weighted by molar-refractivity contribution is -0.191. The Bertz CT molecular complexity index is 1440. The number of esters is 1. The summed E-state index contributed by atoms with van der Waals surface area (Å²) in [5.41, 5.74) is -0.0864. The van der Waals surface area contributed by atoms with Crippen molar-refractivity contribution in [2.45, 2.75) is 103 Å². The molecule has 2 N–H and O–H groups in total. The third-order valence-corrected chi connectivity index (χ3v) is 8.38. The van der Waals surface area contributed by atoms with Crippen LogP contribution < -0.4 is 19.5 Å². The predicted molar refractivity (Wildman–Crippen MR) is 165 cm³/mol. The Hall–Kier alpha value is -3.44. The number of nitrogens with one attached hydrogen (secondary N) is 2. The van der Waals surface area contributed by atoms with Gasteiger partial charge in [-0.3, -0.25) is 8.98 Å². The van der Waals surface area contributed by atoms with Crippen LogP contribution in [-0.4, -0.2) is 88.2 Å². The van der Waals surface area contributed by atoms with Gasteiger partial charge in [0.2, 0.25) is 6.79 Å². The average Bonchev–Trinajstić information content (AvgIpc) is 3.65. The van der Waals surface area contributed by atoms with Crippen LogP contribution in [0.2, 0.25) is 0 Å². The average molecular weight is 685 g/mol. The monoisotopic (exact) mass is 684 g/mol. The van der Waals surface area contributed by atoms with E-state index in [1.54, 1.807) is 72.7 Å². The van der Waals surface area contributed by atoms with Crippen LogP contribution in [0.3, 0.4) is 0 Å². The van der Waals surface area contributed by atoms with Crippen LogP contribution in [0.15, 0.2) is 24.3 Å². The Balaban J connectivity index is 1.29. The first-order valence-electron chi connectivity index (χ1n) is 15.4. The number of carbonyl (C=O) groups excluding carboxylic acids is 3. The van der Waals surface area contributed by atoms with Crippen molar-refractivity contribution in [1.82, 2.24) is 10.0 Å². The fourth-order valence-corrected chi connectivity index (χ4v) is 5.90. The van der Waals surface area contributed by atoms with E-state index >= 15 is 0 Å². The van der Waals surface area contributed by atoms with E-state index < -0.39 is 82.6 Å². The minimum Gasteiger partial charge on any atom is -0.462 e. The lowest BCUT2D eigenvalue weighted by atomic mass is 9.99. The van der Waals surface area contributed by atoms with Gasteiger partial charge < -0.3 is 38.5 Å². The highest BCUT2D eigenvalue weighted by molar-refractivity contribution is 7.85. The van der Waals surface area contributed by atoms with Gasteiger partial charge in [-0.1, -0.05) is 26.3 Å². The molecule has 3 aliphatic rings. The summed E-state index contributed by atoms with van der Waals surface area (Å²) in [7, 11) is -4.62. The molecule has 3 aliphatic heterocycles. The lowest BCUT2D eigenvalue weighted by Gasteiger charge is -2.26. The number of hydrogen-bond donors (Lipinski definition) is 2. The van der Waals surface area contributed by atoms with Gasteiger partial charge in [-0.25, -0.2) is 14.3 Å². The van der Waals surface area contributed by atoms with Crippen LogP contribution in [0.5, 0.6) is 11.5 Å². The minimum absolute atomic E-state index is 0.00836. The van der Waals surface area contributed by atoms with E-state index in [0.29, 0.717) is 17.9 Å². The van der Waals surface area contributed by atoms with Gasteiger partial charge in [0.15, 0.2) is 17.3 Å². The summed E-state index contributed by atoms with van der Waals surface area (Å²) in [6, 6.07) is 4.07. The molecule has 0 bridgehead atoms. The van der Waals surface area contributed by atoms with Gasteiger partial charge in [0, 0.05) is 12.5 Å². The summed E-state index contributed by atoms with van der Waals surface area (Å²) < 4.78 is 71.8. The highest BCUT2D eigenvalue weighted by atomic mass is 32.2. The normalized spacial score (nSPS) is 24.4. The Morgan fingerprint density at radius 1 is 1.09 bits per heavy atom. The first-order valence-corrected chi connectivity index (χ1v) is 16.8.